The van der Waals surface area contributed by atoms with Crippen molar-refractivity contribution >= 4 is 5.65 Å². The van der Waals surface area contributed by atoms with Crippen molar-refractivity contribution in [1.82, 2.24) is 19.6 Å². The fraction of sp³-hybridized carbons (Fsp3) is 0.353. The summed E-state index contributed by atoms with van der Waals surface area (Å²) < 4.78 is 12.6. The first-order chi connectivity index (χ1) is 11.8. The van der Waals surface area contributed by atoms with Gasteiger partial charge in [0.15, 0.2) is 5.65 Å². The lowest BCUT2D eigenvalue weighted by Gasteiger charge is -2.09. The molecule has 0 amide bonds. The number of aromatic nitrogens is 4. The number of hydrogen-bond donors (Lipinski definition) is 1. The largest absolute Gasteiger partial charge is 0.376 e. The van der Waals surface area contributed by atoms with Gasteiger partial charge < -0.3 is 9.47 Å². The van der Waals surface area contributed by atoms with Crippen LogP contribution in [0.4, 0.5) is 0 Å². The van der Waals surface area contributed by atoms with E-state index < -0.39 is 0 Å². The van der Waals surface area contributed by atoms with E-state index in [1.165, 1.54) is 10.6 Å². The molecule has 4 rings (SSSR count). The van der Waals surface area contributed by atoms with Crippen molar-refractivity contribution in [2.75, 3.05) is 13.2 Å². The van der Waals surface area contributed by atoms with E-state index in [0.717, 1.165) is 30.7 Å². The topological polar surface area (TPSA) is 81.5 Å². The van der Waals surface area contributed by atoms with E-state index in [9.17, 15) is 4.79 Å². The van der Waals surface area contributed by atoms with Crippen LogP contribution in [-0.2, 0) is 16.1 Å². The molecule has 7 heteroatoms. The summed E-state index contributed by atoms with van der Waals surface area (Å²) in [4.78, 5) is 20.8. The lowest BCUT2D eigenvalue weighted by molar-refractivity contribution is 0.00966. The highest BCUT2D eigenvalue weighted by Crippen LogP contribution is 2.17. The van der Waals surface area contributed by atoms with Gasteiger partial charge in [-0.05, 0) is 25.0 Å². The Morgan fingerprint density at radius 2 is 2.21 bits per heavy atom. The van der Waals surface area contributed by atoms with Gasteiger partial charge in [-0.25, -0.2) is 9.50 Å². The van der Waals surface area contributed by atoms with Gasteiger partial charge in [-0.15, -0.1) is 0 Å². The molecule has 1 unspecified atom stereocenters. The van der Waals surface area contributed by atoms with Gasteiger partial charge in [0.1, 0.15) is 0 Å². The maximum absolute atomic E-state index is 12.3. The zero-order chi connectivity index (χ0) is 16.4. The Balaban J connectivity index is 1.54. The van der Waals surface area contributed by atoms with Gasteiger partial charge in [0, 0.05) is 36.7 Å². The highest BCUT2D eigenvalue weighted by atomic mass is 16.5. The number of pyridine rings is 1. The predicted octanol–water partition coefficient (Wildman–Crippen LogP) is 1.78. The van der Waals surface area contributed by atoms with E-state index in [0.29, 0.717) is 24.6 Å². The molecule has 124 valence electrons. The van der Waals surface area contributed by atoms with Gasteiger partial charge in [0.2, 0.25) is 0 Å². The van der Waals surface area contributed by atoms with Crippen molar-refractivity contribution in [2.45, 2.75) is 25.6 Å². The van der Waals surface area contributed by atoms with Crippen LogP contribution in [0.2, 0.25) is 0 Å². The van der Waals surface area contributed by atoms with Gasteiger partial charge >= 0.3 is 0 Å². The molecule has 1 atom stereocenters. The van der Waals surface area contributed by atoms with Crippen molar-refractivity contribution in [3.8, 4) is 11.3 Å². The monoisotopic (exact) mass is 326 g/mol. The van der Waals surface area contributed by atoms with Crippen LogP contribution in [0.1, 0.15) is 18.5 Å². The SMILES string of the molecule is O=c1cc(COCC2CCCO2)nc2cc(-c3ccncc3)[nH]n12. The normalized spacial score (nSPS) is 17.6. The molecule has 0 spiro atoms. The third-order valence-corrected chi connectivity index (χ3v) is 4.07. The molecule has 1 aliphatic heterocycles. The number of ether oxygens (including phenoxy) is 2. The Morgan fingerprint density at radius 1 is 1.33 bits per heavy atom. The van der Waals surface area contributed by atoms with Gasteiger partial charge in [-0.3, -0.25) is 14.9 Å². The Kier molecular flexibility index (Phi) is 4.10. The Morgan fingerprint density at radius 3 is 3.00 bits per heavy atom. The highest BCUT2D eigenvalue weighted by molar-refractivity contribution is 5.63. The molecule has 1 N–H and O–H groups in total. The van der Waals surface area contributed by atoms with Gasteiger partial charge in [0.25, 0.3) is 5.56 Å². The molecule has 1 fully saturated rings. The number of nitrogens with one attached hydrogen (secondary N) is 1. The molecule has 1 saturated heterocycles. The van der Waals surface area contributed by atoms with E-state index in [1.807, 2.05) is 18.2 Å². The molecule has 0 bridgehead atoms. The Labute approximate surface area is 138 Å². The Hall–Kier alpha value is -2.51. The first kappa shape index (κ1) is 15.0. The smallest absolute Gasteiger partial charge is 0.272 e. The summed E-state index contributed by atoms with van der Waals surface area (Å²) in [6.07, 6.45) is 5.70. The fourth-order valence-corrected chi connectivity index (χ4v) is 2.86. The van der Waals surface area contributed by atoms with E-state index in [1.54, 1.807) is 12.4 Å². The van der Waals surface area contributed by atoms with Crippen molar-refractivity contribution in [1.29, 1.82) is 0 Å². The van der Waals surface area contributed by atoms with Crippen LogP contribution < -0.4 is 5.56 Å². The number of nitrogens with zero attached hydrogens (tertiary/aromatic N) is 3. The molecule has 24 heavy (non-hydrogen) atoms. The van der Waals surface area contributed by atoms with Crippen molar-refractivity contribution in [3.05, 3.63) is 52.7 Å². The lowest BCUT2D eigenvalue weighted by atomic mass is 10.2. The molecule has 3 aromatic rings. The van der Waals surface area contributed by atoms with Crippen LogP contribution >= 0.6 is 0 Å². The average molecular weight is 326 g/mol. The van der Waals surface area contributed by atoms with Crippen LogP contribution in [-0.4, -0.2) is 38.9 Å². The molecular weight excluding hydrogens is 308 g/mol. The molecule has 7 nitrogen and oxygen atoms in total. The first-order valence-electron chi connectivity index (χ1n) is 8.01. The average Bonchev–Trinajstić information content (AvgIpc) is 3.25. The summed E-state index contributed by atoms with van der Waals surface area (Å²) in [7, 11) is 0. The molecule has 0 aromatic carbocycles. The minimum Gasteiger partial charge on any atom is -0.376 e. The summed E-state index contributed by atoms with van der Waals surface area (Å²) in [5.41, 5.74) is 2.81. The molecule has 0 saturated carbocycles. The maximum atomic E-state index is 12.3. The second-order valence-corrected chi connectivity index (χ2v) is 5.84. The second-order valence-electron chi connectivity index (χ2n) is 5.84. The zero-order valence-electron chi connectivity index (χ0n) is 13.1. The summed E-state index contributed by atoms with van der Waals surface area (Å²) >= 11 is 0. The second kappa shape index (κ2) is 6.54. The lowest BCUT2D eigenvalue weighted by Crippen LogP contribution is -2.18. The summed E-state index contributed by atoms with van der Waals surface area (Å²) in [6, 6.07) is 7.10. The minimum absolute atomic E-state index is 0.156. The first-order valence-corrected chi connectivity index (χ1v) is 8.01. The third kappa shape index (κ3) is 3.08. The highest BCUT2D eigenvalue weighted by Gasteiger charge is 2.15. The standard InChI is InChI=1S/C17H18N4O3/c22-17-8-13(10-23-11-14-2-1-7-24-14)19-16-9-15(20-21(16)17)12-3-5-18-6-4-12/h3-6,8-9,14,20H,1-2,7,10-11H2. The quantitative estimate of drug-likeness (QED) is 0.773. The van der Waals surface area contributed by atoms with Crippen LogP contribution in [0.25, 0.3) is 16.9 Å². The molecule has 0 radical (unpaired) electrons. The summed E-state index contributed by atoms with van der Waals surface area (Å²) in [5, 5.41) is 3.06. The van der Waals surface area contributed by atoms with Crippen LogP contribution in [0.15, 0.2) is 41.5 Å². The van der Waals surface area contributed by atoms with Gasteiger partial charge in [-0.2, -0.15) is 0 Å². The maximum Gasteiger partial charge on any atom is 0.272 e. The zero-order valence-corrected chi connectivity index (χ0v) is 13.1. The van der Waals surface area contributed by atoms with E-state index in [4.69, 9.17) is 9.47 Å². The van der Waals surface area contributed by atoms with Crippen molar-refractivity contribution < 1.29 is 9.47 Å². The summed E-state index contributed by atoms with van der Waals surface area (Å²) in [5.74, 6) is 0. The Bertz CT molecular complexity index is 882. The van der Waals surface area contributed by atoms with Gasteiger partial charge in [-0.1, -0.05) is 0 Å². The van der Waals surface area contributed by atoms with Crippen LogP contribution in [0.3, 0.4) is 0 Å². The predicted molar refractivity (Wildman–Crippen MR) is 87.7 cm³/mol. The summed E-state index contributed by atoms with van der Waals surface area (Å²) in [6.45, 7) is 1.65. The molecule has 0 aliphatic carbocycles. The number of H-pyrrole nitrogens is 1. The third-order valence-electron chi connectivity index (χ3n) is 4.07. The van der Waals surface area contributed by atoms with Crippen molar-refractivity contribution in [3.63, 3.8) is 0 Å². The molecular formula is C17H18N4O3. The minimum atomic E-state index is -0.156. The van der Waals surface area contributed by atoms with E-state index in [2.05, 4.69) is 15.1 Å². The number of fused-ring (bicyclic) bond motifs is 1. The molecule has 3 aromatic heterocycles. The van der Waals surface area contributed by atoms with E-state index >= 15 is 0 Å². The van der Waals surface area contributed by atoms with Crippen LogP contribution in [0.5, 0.6) is 0 Å². The van der Waals surface area contributed by atoms with Gasteiger partial charge in [0.05, 0.1) is 30.7 Å². The number of aromatic amines is 1. The van der Waals surface area contributed by atoms with E-state index in [-0.39, 0.29) is 11.7 Å². The molecule has 1 aliphatic rings. The van der Waals surface area contributed by atoms with Crippen molar-refractivity contribution in [2.24, 2.45) is 0 Å². The number of rotatable bonds is 5. The number of hydrogen-bond acceptors (Lipinski definition) is 5. The molecule has 4 heterocycles. The fourth-order valence-electron chi connectivity index (χ4n) is 2.86. The van der Waals surface area contributed by atoms with Crippen LogP contribution in [0, 0.1) is 0 Å².